The van der Waals surface area contributed by atoms with Gasteiger partial charge >= 0.3 is 0 Å². The number of nitrogen functional groups attached to an aromatic ring is 1. The smallest absolute Gasteiger partial charge is 0.161 e. The molecule has 0 saturated carbocycles. The van der Waals surface area contributed by atoms with Crippen LogP contribution >= 0.6 is 0 Å². The Morgan fingerprint density at radius 1 is 1.05 bits per heavy atom. The molecule has 0 unspecified atom stereocenters. The van der Waals surface area contributed by atoms with Crippen LogP contribution in [0.1, 0.15) is 11.3 Å². The Kier molecular flexibility index (Phi) is 2.63. The first-order chi connectivity index (χ1) is 9.15. The van der Waals surface area contributed by atoms with Gasteiger partial charge in [0.05, 0.1) is 5.52 Å². The van der Waals surface area contributed by atoms with Gasteiger partial charge in [-0.25, -0.2) is 9.97 Å². The van der Waals surface area contributed by atoms with E-state index >= 15 is 0 Å². The number of nitrogens with zero attached hydrogens (tertiary/aromatic N) is 3. The largest absolute Gasteiger partial charge is 0.383 e. The van der Waals surface area contributed by atoms with Crippen molar-refractivity contribution in [1.29, 1.82) is 0 Å². The molecule has 3 aromatic rings. The second-order valence-corrected chi connectivity index (χ2v) is 4.55. The summed E-state index contributed by atoms with van der Waals surface area (Å²) in [5.41, 5.74) is 9.67. The predicted octanol–water partition coefficient (Wildman–Crippen LogP) is 2.89. The third kappa shape index (κ3) is 2.01. The average Bonchev–Trinajstić information content (AvgIpc) is 2.43. The van der Waals surface area contributed by atoms with Crippen LogP contribution in [0.2, 0.25) is 0 Å². The van der Waals surface area contributed by atoms with Crippen molar-refractivity contribution < 1.29 is 0 Å². The molecule has 1 aromatic carbocycles. The van der Waals surface area contributed by atoms with E-state index in [0.717, 1.165) is 27.7 Å². The van der Waals surface area contributed by atoms with Gasteiger partial charge in [0, 0.05) is 28.4 Å². The van der Waals surface area contributed by atoms with Gasteiger partial charge in [-0.1, -0.05) is 6.07 Å². The Balaban J connectivity index is 2.19. The van der Waals surface area contributed by atoms with Crippen molar-refractivity contribution in [3.63, 3.8) is 0 Å². The van der Waals surface area contributed by atoms with Gasteiger partial charge in [-0.3, -0.25) is 4.98 Å². The van der Waals surface area contributed by atoms with Crippen LogP contribution < -0.4 is 5.73 Å². The number of hydrogen-bond donors (Lipinski definition) is 1. The average molecular weight is 250 g/mol. The molecule has 19 heavy (non-hydrogen) atoms. The van der Waals surface area contributed by atoms with Crippen molar-refractivity contribution >= 4 is 16.7 Å². The first-order valence-corrected chi connectivity index (χ1v) is 6.11. The molecule has 0 bridgehead atoms. The van der Waals surface area contributed by atoms with Crippen molar-refractivity contribution in [2.45, 2.75) is 13.8 Å². The Hall–Kier alpha value is -2.49. The first kappa shape index (κ1) is 11.6. The second-order valence-electron chi connectivity index (χ2n) is 4.55. The minimum Gasteiger partial charge on any atom is -0.383 e. The molecule has 0 saturated heterocycles. The predicted molar refractivity (Wildman–Crippen MR) is 76.7 cm³/mol. The van der Waals surface area contributed by atoms with Gasteiger partial charge in [0.1, 0.15) is 5.82 Å². The van der Waals surface area contributed by atoms with E-state index < -0.39 is 0 Å². The van der Waals surface area contributed by atoms with Crippen molar-refractivity contribution in [3.05, 3.63) is 47.8 Å². The zero-order valence-electron chi connectivity index (χ0n) is 10.9. The van der Waals surface area contributed by atoms with Crippen LogP contribution in [0.3, 0.4) is 0 Å². The number of fused-ring (bicyclic) bond motifs is 1. The molecule has 2 heterocycles. The van der Waals surface area contributed by atoms with E-state index in [0.29, 0.717) is 11.6 Å². The molecule has 4 nitrogen and oxygen atoms in total. The molecule has 0 fully saturated rings. The highest BCUT2D eigenvalue weighted by Crippen LogP contribution is 2.23. The lowest BCUT2D eigenvalue weighted by atomic mass is 10.1. The molecule has 0 atom stereocenters. The Labute approximate surface area is 111 Å². The standard InChI is InChI=1S/C15H14N4/c1-9-10(2)18-15(19-14(9)16)12-5-6-13-11(8-12)4-3-7-17-13/h3-8H,1-2H3,(H2,16,18,19). The van der Waals surface area contributed by atoms with E-state index in [1.165, 1.54) is 0 Å². The minimum absolute atomic E-state index is 0.536. The minimum atomic E-state index is 0.536. The Morgan fingerprint density at radius 3 is 2.68 bits per heavy atom. The molecule has 94 valence electrons. The number of anilines is 1. The summed E-state index contributed by atoms with van der Waals surface area (Å²) >= 11 is 0. The molecule has 2 aromatic heterocycles. The zero-order valence-corrected chi connectivity index (χ0v) is 10.9. The SMILES string of the molecule is Cc1nc(-c2ccc3ncccc3c2)nc(N)c1C. The molecule has 0 spiro atoms. The quantitative estimate of drug-likeness (QED) is 0.721. The number of rotatable bonds is 1. The van der Waals surface area contributed by atoms with Crippen LogP contribution in [-0.2, 0) is 0 Å². The van der Waals surface area contributed by atoms with Crippen molar-refractivity contribution in [2.24, 2.45) is 0 Å². The highest BCUT2D eigenvalue weighted by atomic mass is 15.0. The number of benzene rings is 1. The Bertz CT molecular complexity index is 742. The van der Waals surface area contributed by atoms with E-state index in [4.69, 9.17) is 5.73 Å². The topological polar surface area (TPSA) is 64.7 Å². The molecule has 0 amide bonds. The summed E-state index contributed by atoms with van der Waals surface area (Å²) in [6.45, 7) is 3.87. The molecule has 0 aliphatic carbocycles. The maximum atomic E-state index is 5.91. The van der Waals surface area contributed by atoms with Crippen LogP contribution in [0, 0.1) is 13.8 Å². The highest BCUT2D eigenvalue weighted by molar-refractivity contribution is 5.83. The van der Waals surface area contributed by atoms with E-state index in [1.54, 1.807) is 6.20 Å². The summed E-state index contributed by atoms with van der Waals surface area (Å²) < 4.78 is 0. The van der Waals surface area contributed by atoms with Crippen molar-refractivity contribution in [3.8, 4) is 11.4 Å². The van der Waals surface area contributed by atoms with Crippen molar-refractivity contribution in [1.82, 2.24) is 15.0 Å². The second kappa shape index (κ2) is 4.31. The number of aromatic nitrogens is 3. The van der Waals surface area contributed by atoms with Crippen LogP contribution in [0.4, 0.5) is 5.82 Å². The van der Waals surface area contributed by atoms with Gasteiger partial charge in [0.25, 0.3) is 0 Å². The summed E-state index contributed by atoms with van der Waals surface area (Å²) in [6.07, 6.45) is 1.78. The number of aryl methyl sites for hydroxylation is 1. The lowest BCUT2D eigenvalue weighted by molar-refractivity contribution is 1.08. The molecular weight excluding hydrogens is 236 g/mol. The molecule has 2 N–H and O–H groups in total. The van der Waals surface area contributed by atoms with Crippen molar-refractivity contribution in [2.75, 3.05) is 5.73 Å². The highest BCUT2D eigenvalue weighted by Gasteiger charge is 2.08. The summed E-state index contributed by atoms with van der Waals surface area (Å²) in [5.74, 6) is 1.19. The lowest BCUT2D eigenvalue weighted by Crippen LogP contribution is -2.02. The van der Waals surface area contributed by atoms with Gasteiger partial charge < -0.3 is 5.73 Å². The lowest BCUT2D eigenvalue weighted by Gasteiger charge is -2.07. The molecule has 4 heteroatoms. The number of pyridine rings is 1. The van der Waals surface area contributed by atoms with Gasteiger partial charge in [-0.2, -0.15) is 0 Å². The normalized spacial score (nSPS) is 10.8. The fourth-order valence-corrected chi connectivity index (χ4v) is 1.99. The van der Waals surface area contributed by atoms with E-state index in [9.17, 15) is 0 Å². The zero-order chi connectivity index (χ0) is 13.4. The number of nitrogens with two attached hydrogens (primary N) is 1. The molecule has 0 aliphatic heterocycles. The van der Waals surface area contributed by atoms with Crippen LogP contribution in [0.25, 0.3) is 22.3 Å². The monoisotopic (exact) mass is 250 g/mol. The van der Waals surface area contributed by atoms with Gasteiger partial charge in [-0.05, 0) is 38.1 Å². The molecule has 0 aliphatic rings. The van der Waals surface area contributed by atoms with E-state index in [1.807, 2.05) is 44.2 Å². The fourth-order valence-electron chi connectivity index (χ4n) is 1.99. The summed E-state index contributed by atoms with van der Waals surface area (Å²) in [4.78, 5) is 13.2. The maximum Gasteiger partial charge on any atom is 0.161 e. The third-order valence-electron chi connectivity index (χ3n) is 3.29. The van der Waals surface area contributed by atoms with Gasteiger partial charge in [0.15, 0.2) is 5.82 Å². The molecule has 3 rings (SSSR count). The summed E-state index contributed by atoms with van der Waals surface area (Å²) in [5, 5.41) is 1.07. The molecular formula is C15H14N4. The summed E-state index contributed by atoms with van der Waals surface area (Å²) in [7, 11) is 0. The van der Waals surface area contributed by atoms with Gasteiger partial charge in [-0.15, -0.1) is 0 Å². The third-order valence-corrected chi connectivity index (χ3v) is 3.29. The van der Waals surface area contributed by atoms with Crippen LogP contribution in [0.15, 0.2) is 36.5 Å². The van der Waals surface area contributed by atoms with Crippen LogP contribution in [-0.4, -0.2) is 15.0 Å². The van der Waals surface area contributed by atoms with Gasteiger partial charge in [0.2, 0.25) is 0 Å². The summed E-state index contributed by atoms with van der Waals surface area (Å²) in [6, 6.07) is 9.92. The fraction of sp³-hybridized carbons (Fsp3) is 0.133. The van der Waals surface area contributed by atoms with Crippen LogP contribution in [0.5, 0.6) is 0 Å². The Morgan fingerprint density at radius 2 is 1.89 bits per heavy atom. The first-order valence-electron chi connectivity index (χ1n) is 6.11. The van der Waals surface area contributed by atoms with E-state index in [-0.39, 0.29) is 0 Å². The maximum absolute atomic E-state index is 5.91. The van der Waals surface area contributed by atoms with E-state index in [2.05, 4.69) is 15.0 Å². The number of hydrogen-bond acceptors (Lipinski definition) is 4. The molecule has 0 radical (unpaired) electrons.